The zero-order chi connectivity index (χ0) is 22.5. The molecule has 7 nitrogen and oxygen atoms in total. The highest BCUT2D eigenvalue weighted by Crippen LogP contribution is 2.36. The fourth-order valence-corrected chi connectivity index (χ4v) is 4.54. The predicted molar refractivity (Wildman–Crippen MR) is 120 cm³/mol. The summed E-state index contributed by atoms with van der Waals surface area (Å²) in [4.78, 5) is 0. The Bertz CT molecular complexity index is 853. The molecule has 5 rings (SSSR count). The third-order valence-electron chi connectivity index (χ3n) is 6.35. The number of fused-ring (bicyclic) bond motifs is 2. The fourth-order valence-electron chi connectivity index (χ4n) is 4.54. The molecule has 2 aromatic rings. The van der Waals surface area contributed by atoms with Crippen molar-refractivity contribution in [3.63, 3.8) is 0 Å². The number of ether oxygens (including phenoxy) is 7. The molecule has 7 heteroatoms. The monoisotopic (exact) mass is 456 g/mol. The molecule has 0 N–H and O–H groups in total. The molecule has 3 aliphatic heterocycles. The van der Waals surface area contributed by atoms with Crippen molar-refractivity contribution < 1.29 is 33.2 Å². The molecular formula is C26H32O7. The number of hydrogen-bond donors (Lipinski definition) is 0. The smallest absolute Gasteiger partial charge is 0.187 e. The van der Waals surface area contributed by atoms with E-state index in [0.29, 0.717) is 19.8 Å². The van der Waals surface area contributed by atoms with Gasteiger partial charge in [0, 0.05) is 6.61 Å². The van der Waals surface area contributed by atoms with Crippen molar-refractivity contribution in [2.45, 2.75) is 69.5 Å². The van der Waals surface area contributed by atoms with Crippen LogP contribution in [0, 0.1) is 0 Å². The van der Waals surface area contributed by atoms with E-state index in [1.807, 2.05) is 42.5 Å². The molecule has 3 heterocycles. The molecule has 0 spiro atoms. The Morgan fingerprint density at radius 3 is 2.30 bits per heavy atom. The maximum absolute atomic E-state index is 6.46. The van der Waals surface area contributed by atoms with Crippen LogP contribution in [0.2, 0.25) is 0 Å². The Hall–Kier alpha value is -2.00. The third-order valence-corrected chi connectivity index (χ3v) is 6.35. The fraction of sp³-hybridized carbons (Fsp3) is 0.538. The molecule has 3 fully saturated rings. The summed E-state index contributed by atoms with van der Waals surface area (Å²) in [6, 6.07) is 18.0. The molecule has 0 saturated carbocycles. The molecule has 0 aliphatic carbocycles. The lowest BCUT2D eigenvalue weighted by atomic mass is 9.99. The first-order valence-electron chi connectivity index (χ1n) is 11.7. The van der Waals surface area contributed by atoms with Crippen molar-refractivity contribution in [1.29, 1.82) is 0 Å². The lowest BCUT2D eigenvalue weighted by Crippen LogP contribution is -2.58. The van der Waals surface area contributed by atoms with Gasteiger partial charge in [-0.25, -0.2) is 0 Å². The Morgan fingerprint density at radius 2 is 1.58 bits per heavy atom. The maximum atomic E-state index is 6.46. The van der Waals surface area contributed by atoms with Crippen LogP contribution in [-0.2, 0) is 41.6 Å². The van der Waals surface area contributed by atoms with Crippen LogP contribution in [0.25, 0.3) is 0 Å². The highest BCUT2D eigenvalue weighted by Gasteiger charge is 2.53. The van der Waals surface area contributed by atoms with Crippen molar-refractivity contribution in [1.82, 2.24) is 0 Å². The van der Waals surface area contributed by atoms with E-state index >= 15 is 0 Å². The van der Waals surface area contributed by atoms with Crippen LogP contribution in [0.4, 0.5) is 0 Å². The second kappa shape index (κ2) is 11.0. The molecule has 3 aliphatic rings. The van der Waals surface area contributed by atoms with Crippen molar-refractivity contribution in [3.8, 4) is 5.75 Å². The quantitative estimate of drug-likeness (QED) is 0.568. The molecule has 2 aromatic carbocycles. The van der Waals surface area contributed by atoms with Gasteiger partial charge in [0.15, 0.2) is 12.6 Å². The molecule has 0 radical (unpaired) electrons. The molecule has 6 atom stereocenters. The van der Waals surface area contributed by atoms with Crippen molar-refractivity contribution in [2.75, 3.05) is 20.3 Å². The van der Waals surface area contributed by atoms with Crippen molar-refractivity contribution in [2.24, 2.45) is 0 Å². The van der Waals surface area contributed by atoms with Gasteiger partial charge >= 0.3 is 0 Å². The Labute approximate surface area is 194 Å². The molecule has 0 amide bonds. The van der Waals surface area contributed by atoms with E-state index in [1.54, 1.807) is 7.11 Å². The zero-order valence-electron chi connectivity index (χ0n) is 19.0. The summed E-state index contributed by atoms with van der Waals surface area (Å²) in [5, 5.41) is 0. The SMILES string of the molecule is COc1ccc(COC2[C@@H]3OCC(O3)[C@@H](OC3CCCCO3)[C@H]2OCc2ccccc2)cc1. The van der Waals surface area contributed by atoms with E-state index in [-0.39, 0.29) is 24.6 Å². The predicted octanol–water partition coefficient (Wildman–Crippen LogP) is 3.83. The summed E-state index contributed by atoms with van der Waals surface area (Å²) >= 11 is 0. The van der Waals surface area contributed by atoms with Crippen LogP contribution < -0.4 is 4.74 Å². The summed E-state index contributed by atoms with van der Waals surface area (Å²) < 4.78 is 42.4. The summed E-state index contributed by atoms with van der Waals surface area (Å²) in [6.45, 7) is 2.03. The van der Waals surface area contributed by atoms with Crippen molar-refractivity contribution >= 4 is 0 Å². The van der Waals surface area contributed by atoms with Gasteiger partial charge in [-0.05, 0) is 42.5 Å². The standard InChI is InChI=1S/C26H32O7/c1-27-20-12-10-19(11-13-20)16-30-25-24(29-15-18-7-3-2-4-8-18)23(21-17-31-26(25)32-21)33-22-9-5-6-14-28-22/h2-4,7-8,10-13,21-26H,5-6,9,14-17H2,1H3/t21?,22?,23-,24-,25?,26-/m1/s1. The zero-order valence-corrected chi connectivity index (χ0v) is 19.0. The third kappa shape index (κ3) is 5.57. The largest absolute Gasteiger partial charge is 0.497 e. The molecule has 3 saturated heterocycles. The number of methoxy groups -OCH3 is 1. The highest BCUT2D eigenvalue weighted by molar-refractivity contribution is 5.26. The first kappa shape index (κ1) is 22.8. The minimum atomic E-state index is -0.485. The minimum Gasteiger partial charge on any atom is -0.497 e. The maximum Gasteiger partial charge on any atom is 0.187 e. The van der Waals surface area contributed by atoms with Crippen LogP contribution in [0.1, 0.15) is 30.4 Å². The highest BCUT2D eigenvalue weighted by atomic mass is 16.8. The molecule has 2 bridgehead atoms. The van der Waals surface area contributed by atoms with Crippen LogP contribution >= 0.6 is 0 Å². The molecule has 0 aromatic heterocycles. The van der Waals surface area contributed by atoms with Gasteiger partial charge in [0.2, 0.25) is 0 Å². The lowest BCUT2D eigenvalue weighted by Gasteiger charge is -2.42. The van der Waals surface area contributed by atoms with Crippen LogP contribution in [0.3, 0.4) is 0 Å². The van der Waals surface area contributed by atoms with E-state index in [0.717, 1.165) is 42.7 Å². The van der Waals surface area contributed by atoms with Gasteiger partial charge in [-0.3, -0.25) is 0 Å². The van der Waals surface area contributed by atoms with E-state index in [1.165, 1.54) is 0 Å². The van der Waals surface area contributed by atoms with Gasteiger partial charge in [-0.1, -0.05) is 42.5 Å². The Balaban J connectivity index is 1.32. The van der Waals surface area contributed by atoms with Gasteiger partial charge in [0.1, 0.15) is 30.2 Å². The Kier molecular flexibility index (Phi) is 7.56. The van der Waals surface area contributed by atoms with E-state index in [9.17, 15) is 0 Å². The van der Waals surface area contributed by atoms with Crippen molar-refractivity contribution in [3.05, 3.63) is 65.7 Å². The van der Waals surface area contributed by atoms with E-state index in [2.05, 4.69) is 12.1 Å². The van der Waals surface area contributed by atoms with E-state index < -0.39 is 12.4 Å². The normalized spacial score (nSPS) is 31.4. The number of benzene rings is 2. The van der Waals surface area contributed by atoms with E-state index in [4.69, 9.17) is 33.2 Å². The summed E-state index contributed by atoms with van der Waals surface area (Å²) in [5.74, 6) is 0.812. The van der Waals surface area contributed by atoms with Crippen LogP contribution in [0.15, 0.2) is 54.6 Å². The molecule has 33 heavy (non-hydrogen) atoms. The van der Waals surface area contributed by atoms with Gasteiger partial charge < -0.3 is 33.2 Å². The second-order valence-corrected chi connectivity index (χ2v) is 8.66. The second-order valence-electron chi connectivity index (χ2n) is 8.66. The topological polar surface area (TPSA) is 64.6 Å². The van der Waals surface area contributed by atoms with Gasteiger partial charge in [-0.15, -0.1) is 0 Å². The summed E-state index contributed by atoms with van der Waals surface area (Å²) in [6.07, 6.45) is 0.972. The van der Waals surface area contributed by atoms with Crippen LogP contribution in [-0.4, -0.2) is 57.3 Å². The average molecular weight is 457 g/mol. The number of rotatable bonds is 9. The summed E-state index contributed by atoms with van der Waals surface area (Å²) in [5.41, 5.74) is 2.13. The van der Waals surface area contributed by atoms with Gasteiger partial charge in [-0.2, -0.15) is 0 Å². The Morgan fingerprint density at radius 1 is 0.818 bits per heavy atom. The first-order valence-corrected chi connectivity index (χ1v) is 11.7. The average Bonchev–Trinajstić information content (AvgIpc) is 3.31. The molecule has 178 valence electrons. The minimum absolute atomic E-state index is 0.206. The van der Waals surface area contributed by atoms with Gasteiger partial charge in [0.05, 0.1) is 26.9 Å². The van der Waals surface area contributed by atoms with Crippen LogP contribution in [0.5, 0.6) is 5.75 Å². The lowest BCUT2D eigenvalue weighted by molar-refractivity contribution is -0.297. The molecule has 3 unspecified atom stereocenters. The number of hydrogen-bond acceptors (Lipinski definition) is 7. The summed E-state index contributed by atoms with van der Waals surface area (Å²) in [7, 11) is 1.66. The first-order chi connectivity index (χ1) is 16.3. The molecular weight excluding hydrogens is 424 g/mol. The van der Waals surface area contributed by atoms with Gasteiger partial charge in [0.25, 0.3) is 0 Å².